The summed E-state index contributed by atoms with van der Waals surface area (Å²) in [7, 11) is 0. The number of hydrogen-bond acceptors (Lipinski definition) is 5. The third-order valence-corrected chi connectivity index (χ3v) is 5.25. The Hall–Kier alpha value is -0.940. The van der Waals surface area contributed by atoms with Gasteiger partial charge in [0, 0.05) is 30.4 Å². The number of aromatic nitrogens is 1. The van der Waals surface area contributed by atoms with E-state index in [-0.39, 0.29) is 4.75 Å². The Morgan fingerprint density at radius 2 is 2.16 bits per heavy atom. The normalized spacial score (nSPS) is 18.4. The summed E-state index contributed by atoms with van der Waals surface area (Å²) >= 11 is 1.90. The number of ether oxygens (including phenoxy) is 1. The van der Waals surface area contributed by atoms with Gasteiger partial charge in [0.2, 0.25) is 5.88 Å². The number of pyridine rings is 1. The number of rotatable bonds is 5. The number of anilines is 1. The third-order valence-electron chi connectivity index (χ3n) is 3.80. The lowest BCUT2D eigenvalue weighted by atomic mass is 9.96. The van der Waals surface area contributed by atoms with E-state index in [1.807, 2.05) is 30.8 Å². The highest BCUT2D eigenvalue weighted by atomic mass is 32.2. The number of nitrogens with zero attached hydrogens (tertiary/aromatic N) is 2. The van der Waals surface area contributed by atoms with E-state index in [0.717, 1.165) is 38.3 Å². The lowest BCUT2D eigenvalue weighted by Crippen LogP contribution is -2.46. The van der Waals surface area contributed by atoms with Crippen LogP contribution in [0.5, 0.6) is 5.88 Å². The minimum absolute atomic E-state index is 0.258. The molecule has 0 atom stereocenters. The smallest absolute Gasteiger partial charge is 0.215 e. The summed E-state index contributed by atoms with van der Waals surface area (Å²) in [4.78, 5) is 6.88. The van der Waals surface area contributed by atoms with Crippen LogP contribution in [0.2, 0.25) is 0 Å². The molecule has 19 heavy (non-hydrogen) atoms. The zero-order chi connectivity index (χ0) is 13.7. The minimum atomic E-state index is 0.258. The van der Waals surface area contributed by atoms with Gasteiger partial charge in [0.25, 0.3) is 0 Å². The zero-order valence-corrected chi connectivity index (χ0v) is 12.6. The molecule has 0 unspecified atom stereocenters. The number of piperidine rings is 1. The first-order valence-electron chi connectivity index (χ1n) is 6.83. The molecule has 2 heterocycles. The summed E-state index contributed by atoms with van der Waals surface area (Å²) in [5, 5.41) is 0. The first kappa shape index (κ1) is 14.5. The van der Waals surface area contributed by atoms with Crippen LogP contribution in [0.3, 0.4) is 0 Å². The summed E-state index contributed by atoms with van der Waals surface area (Å²) in [6.07, 6.45) is 4.40. The van der Waals surface area contributed by atoms with Gasteiger partial charge in [-0.05, 0) is 32.1 Å². The van der Waals surface area contributed by atoms with Crippen molar-refractivity contribution in [3.63, 3.8) is 0 Å². The highest BCUT2D eigenvalue weighted by Gasteiger charge is 2.32. The molecule has 5 heteroatoms. The van der Waals surface area contributed by atoms with Crippen molar-refractivity contribution in [3.8, 4) is 5.88 Å². The molecule has 4 nitrogen and oxygen atoms in total. The van der Waals surface area contributed by atoms with Crippen molar-refractivity contribution in [2.75, 3.05) is 37.4 Å². The molecular formula is C14H23N3OS. The highest BCUT2D eigenvalue weighted by molar-refractivity contribution is 8.00. The van der Waals surface area contributed by atoms with Gasteiger partial charge in [0.15, 0.2) is 0 Å². The van der Waals surface area contributed by atoms with E-state index >= 15 is 0 Å². The molecule has 0 spiro atoms. The molecule has 106 valence electrons. The number of hydrogen-bond donors (Lipinski definition) is 1. The monoisotopic (exact) mass is 281 g/mol. The molecule has 0 aliphatic carbocycles. The molecule has 1 aliphatic heterocycles. The van der Waals surface area contributed by atoms with Crippen molar-refractivity contribution in [1.82, 2.24) is 4.98 Å². The quantitative estimate of drug-likeness (QED) is 0.896. The van der Waals surface area contributed by atoms with Gasteiger partial charge in [-0.15, -0.1) is 0 Å². The van der Waals surface area contributed by atoms with E-state index in [4.69, 9.17) is 10.5 Å². The van der Waals surface area contributed by atoms with Crippen LogP contribution in [0.25, 0.3) is 0 Å². The number of nitrogens with two attached hydrogens (primary N) is 1. The fraction of sp³-hybridized carbons (Fsp3) is 0.643. The molecule has 0 saturated carbocycles. The van der Waals surface area contributed by atoms with Crippen LogP contribution in [-0.4, -0.2) is 42.2 Å². The second-order valence-electron chi connectivity index (χ2n) is 4.85. The van der Waals surface area contributed by atoms with Crippen LogP contribution in [0.1, 0.15) is 19.8 Å². The first-order chi connectivity index (χ1) is 9.23. The topological polar surface area (TPSA) is 51.4 Å². The maximum atomic E-state index is 5.92. The Kier molecular flexibility index (Phi) is 4.93. The van der Waals surface area contributed by atoms with E-state index in [9.17, 15) is 0 Å². The van der Waals surface area contributed by atoms with E-state index in [2.05, 4.69) is 22.2 Å². The molecule has 0 aromatic carbocycles. The lowest BCUT2D eigenvalue weighted by Gasteiger charge is -2.40. The van der Waals surface area contributed by atoms with E-state index in [0.29, 0.717) is 12.5 Å². The van der Waals surface area contributed by atoms with Crippen LogP contribution in [-0.2, 0) is 0 Å². The van der Waals surface area contributed by atoms with Gasteiger partial charge in [-0.3, -0.25) is 0 Å². The van der Waals surface area contributed by atoms with Crippen molar-refractivity contribution in [2.45, 2.75) is 24.5 Å². The van der Waals surface area contributed by atoms with Gasteiger partial charge >= 0.3 is 0 Å². The molecule has 0 bridgehead atoms. The van der Waals surface area contributed by atoms with Gasteiger partial charge < -0.3 is 15.4 Å². The van der Waals surface area contributed by atoms with E-state index in [1.54, 1.807) is 0 Å². The summed E-state index contributed by atoms with van der Waals surface area (Å²) in [5.74, 6) is 1.72. The molecule has 1 fully saturated rings. The van der Waals surface area contributed by atoms with Crippen LogP contribution in [0, 0.1) is 0 Å². The van der Waals surface area contributed by atoms with Crippen molar-refractivity contribution < 1.29 is 4.74 Å². The fourth-order valence-corrected chi connectivity index (χ4v) is 3.20. The SMILES string of the molecule is CCOc1cccc(N2CCC(CN)(SC)CC2)n1. The minimum Gasteiger partial charge on any atom is -0.478 e. The molecule has 2 N–H and O–H groups in total. The molecule has 1 saturated heterocycles. The molecule has 0 amide bonds. The summed E-state index contributed by atoms with van der Waals surface area (Å²) in [6.45, 7) is 5.41. The van der Waals surface area contributed by atoms with Gasteiger partial charge in [0.05, 0.1) is 6.61 Å². The lowest BCUT2D eigenvalue weighted by molar-refractivity contribution is 0.326. The third kappa shape index (κ3) is 3.34. The molecular weight excluding hydrogens is 258 g/mol. The Labute approximate surface area is 119 Å². The molecule has 1 aromatic rings. The standard InChI is InChI=1S/C14H23N3OS/c1-3-18-13-6-4-5-12(16-13)17-9-7-14(11-15,19-2)8-10-17/h4-6H,3,7-11,15H2,1-2H3. The maximum Gasteiger partial charge on any atom is 0.215 e. The van der Waals surface area contributed by atoms with Crippen LogP contribution >= 0.6 is 11.8 Å². The van der Waals surface area contributed by atoms with Crippen molar-refractivity contribution >= 4 is 17.6 Å². The molecule has 2 rings (SSSR count). The predicted molar refractivity (Wildman–Crippen MR) is 82.2 cm³/mol. The second-order valence-corrected chi connectivity index (χ2v) is 6.12. The Morgan fingerprint density at radius 3 is 2.74 bits per heavy atom. The summed E-state index contributed by atoms with van der Waals surface area (Å²) in [5.41, 5.74) is 5.92. The maximum absolute atomic E-state index is 5.92. The van der Waals surface area contributed by atoms with Crippen LogP contribution in [0.15, 0.2) is 18.2 Å². The summed E-state index contributed by atoms with van der Waals surface area (Å²) < 4.78 is 5.72. The van der Waals surface area contributed by atoms with Crippen molar-refractivity contribution in [2.24, 2.45) is 5.73 Å². The van der Waals surface area contributed by atoms with Gasteiger partial charge in [0.1, 0.15) is 5.82 Å². The van der Waals surface area contributed by atoms with Crippen molar-refractivity contribution in [3.05, 3.63) is 18.2 Å². The number of thioether (sulfide) groups is 1. The Bertz CT molecular complexity index is 399. The Balaban J connectivity index is 2.03. The first-order valence-corrected chi connectivity index (χ1v) is 8.05. The van der Waals surface area contributed by atoms with Crippen LogP contribution in [0.4, 0.5) is 5.82 Å². The molecule has 1 aliphatic rings. The largest absolute Gasteiger partial charge is 0.478 e. The van der Waals surface area contributed by atoms with Crippen LogP contribution < -0.4 is 15.4 Å². The van der Waals surface area contributed by atoms with E-state index in [1.165, 1.54) is 0 Å². The average Bonchev–Trinajstić information content (AvgIpc) is 2.48. The van der Waals surface area contributed by atoms with Gasteiger partial charge in [-0.1, -0.05) is 6.07 Å². The Morgan fingerprint density at radius 1 is 1.42 bits per heavy atom. The average molecular weight is 281 g/mol. The fourth-order valence-electron chi connectivity index (χ4n) is 2.44. The summed E-state index contributed by atoms with van der Waals surface area (Å²) in [6, 6.07) is 5.97. The van der Waals surface area contributed by atoms with Gasteiger partial charge in [-0.2, -0.15) is 16.7 Å². The van der Waals surface area contributed by atoms with E-state index < -0.39 is 0 Å². The predicted octanol–water partition coefficient (Wildman–Crippen LogP) is 2.14. The molecule has 0 radical (unpaired) electrons. The highest BCUT2D eigenvalue weighted by Crippen LogP contribution is 2.34. The zero-order valence-electron chi connectivity index (χ0n) is 11.8. The van der Waals surface area contributed by atoms with Crippen molar-refractivity contribution in [1.29, 1.82) is 0 Å². The van der Waals surface area contributed by atoms with Gasteiger partial charge in [-0.25, -0.2) is 0 Å². The molecule has 1 aromatic heterocycles. The second kappa shape index (κ2) is 6.48.